The smallest absolute Gasteiger partial charge is 0.249 e. The lowest BCUT2D eigenvalue weighted by molar-refractivity contribution is -0.111. The Morgan fingerprint density at radius 3 is 2.59 bits per heavy atom. The second kappa shape index (κ2) is 9.83. The fourth-order valence-electron chi connectivity index (χ4n) is 3.97. The zero-order valence-corrected chi connectivity index (χ0v) is 20.1. The zero-order valence-electron chi connectivity index (χ0n) is 20.1. The van der Waals surface area contributed by atoms with Gasteiger partial charge in [0, 0.05) is 34.3 Å². The molecule has 0 radical (unpaired) electrons. The van der Waals surface area contributed by atoms with Crippen LogP contribution >= 0.6 is 0 Å². The summed E-state index contributed by atoms with van der Waals surface area (Å²) in [6.45, 7) is 8.27. The summed E-state index contributed by atoms with van der Waals surface area (Å²) in [7, 11) is 1.65. The van der Waals surface area contributed by atoms with E-state index in [2.05, 4.69) is 10.3 Å². The quantitative estimate of drug-likeness (QED) is 0.319. The first-order valence-electron chi connectivity index (χ1n) is 11.2. The number of hydrogen-bond acceptors (Lipinski definition) is 5. The van der Waals surface area contributed by atoms with Gasteiger partial charge in [0.25, 0.3) is 0 Å². The van der Waals surface area contributed by atoms with Gasteiger partial charge in [-0.3, -0.25) is 4.79 Å². The maximum Gasteiger partial charge on any atom is 0.249 e. The molecule has 1 amide bonds. The second-order valence-corrected chi connectivity index (χ2v) is 8.10. The minimum Gasteiger partial charge on any atom is -0.497 e. The molecule has 0 aliphatic heterocycles. The van der Waals surface area contributed by atoms with E-state index in [0.717, 1.165) is 50.1 Å². The standard InChI is InChI=1S/C28H28N2O4/c1-6-33-27-19(4)28-23(24(16-34-28)20-7-9-21(32-5)10-8-20)15-22(27)18(3)14-26(31)30-25-13-17(2)11-12-29-25/h7-16H,6H2,1-5H3,(H,29,30,31)/b18-14+. The molecule has 0 aliphatic rings. The number of carbonyl (C=O) groups is 1. The number of rotatable bonds is 7. The number of ether oxygens (including phenoxy) is 2. The number of anilines is 1. The van der Waals surface area contributed by atoms with E-state index in [9.17, 15) is 4.79 Å². The van der Waals surface area contributed by atoms with Crippen LogP contribution in [-0.4, -0.2) is 24.6 Å². The van der Waals surface area contributed by atoms with Gasteiger partial charge in [0.2, 0.25) is 5.91 Å². The summed E-state index contributed by atoms with van der Waals surface area (Å²) >= 11 is 0. The Morgan fingerprint density at radius 2 is 1.91 bits per heavy atom. The summed E-state index contributed by atoms with van der Waals surface area (Å²) in [6.07, 6.45) is 5.00. The van der Waals surface area contributed by atoms with Crippen LogP contribution in [0.25, 0.3) is 27.7 Å². The largest absolute Gasteiger partial charge is 0.497 e. The van der Waals surface area contributed by atoms with Gasteiger partial charge >= 0.3 is 0 Å². The van der Waals surface area contributed by atoms with E-state index >= 15 is 0 Å². The summed E-state index contributed by atoms with van der Waals surface area (Å²) in [5.41, 5.74) is 6.28. The molecule has 34 heavy (non-hydrogen) atoms. The third kappa shape index (κ3) is 4.66. The predicted molar refractivity (Wildman–Crippen MR) is 135 cm³/mol. The molecule has 6 heteroatoms. The molecular weight excluding hydrogens is 428 g/mol. The molecule has 0 aliphatic carbocycles. The van der Waals surface area contributed by atoms with Crippen molar-refractivity contribution in [1.82, 2.24) is 4.98 Å². The van der Waals surface area contributed by atoms with Gasteiger partial charge in [-0.25, -0.2) is 4.98 Å². The van der Waals surface area contributed by atoms with Crippen molar-refractivity contribution in [1.29, 1.82) is 0 Å². The fourth-order valence-corrected chi connectivity index (χ4v) is 3.97. The minimum absolute atomic E-state index is 0.252. The number of allylic oxidation sites excluding steroid dienone is 1. The topological polar surface area (TPSA) is 73.6 Å². The number of hydrogen-bond donors (Lipinski definition) is 1. The molecule has 0 bridgehead atoms. The van der Waals surface area contributed by atoms with Gasteiger partial charge in [-0.2, -0.15) is 0 Å². The molecule has 1 N–H and O–H groups in total. The number of furan rings is 1. The van der Waals surface area contributed by atoms with Crippen LogP contribution in [-0.2, 0) is 4.79 Å². The predicted octanol–water partition coefficient (Wildman–Crippen LogP) is 6.56. The number of nitrogens with zero attached hydrogens (tertiary/aromatic N) is 1. The Bertz CT molecular complexity index is 1370. The van der Waals surface area contributed by atoms with Gasteiger partial charge in [-0.15, -0.1) is 0 Å². The molecule has 0 unspecified atom stereocenters. The van der Waals surface area contributed by atoms with Crippen molar-refractivity contribution < 1.29 is 18.7 Å². The highest BCUT2D eigenvalue weighted by molar-refractivity contribution is 6.05. The van der Waals surface area contributed by atoms with Crippen LogP contribution in [0.2, 0.25) is 0 Å². The van der Waals surface area contributed by atoms with Gasteiger partial charge in [0.15, 0.2) is 0 Å². The van der Waals surface area contributed by atoms with Crippen molar-refractivity contribution in [2.24, 2.45) is 0 Å². The summed E-state index contributed by atoms with van der Waals surface area (Å²) in [5, 5.41) is 3.79. The Kier molecular flexibility index (Phi) is 6.68. The maximum atomic E-state index is 12.7. The SMILES string of the molecule is CCOc1c(/C(C)=C/C(=O)Nc2cc(C)ccn2)cc2c(-c3ccc(OC)cc3)coc2c1C. The Hall–Kier alpha value is -4.06. The van der Waals surface area contributed by atoms with Crippen LogP contribution in [0.1, 0.15) is 30.5 Å². The number of nitrogens with one attached hydrogen (secondary N) is 1. The molecule has 0 spiro atoms. The highest BCUT2D eigenvalue weighted by Gasteiger charge is 2.19. The van der Waals surface area contributed by atoms with Gasteiger partial charge in [0.05, 0.1) is 20.0 Å². The third-order valence-corrected chi connectivity index (χ3v) is 5.67. The number of fused-ring (bicyclic) bond motifs is 1. The van der Waals surface area contributed by atoms with E-state index in [1.807, 2.05) is 70.2 Å². The molecule has 0 fully saturated rings. The van der Waals surface area contributed by atoms with E-state index in [4.69, 9.17) is 13.9 Å². The highest BCUT2D eigenvalue weighted by Crippen LogP contribution is 2.41. The lowest BCUT2D eigenvalue weighted by Gasteiger charge is -2.15. The molecule has 2 heterocycles. The van der Waals surface area contributed by atoms with Gasteiger partial charge in [-0.1, -0.05) is 12.1 Å². The lowest BCUT2D eigenvalue weighted by atomic mass is 9.96. The van der Waals surface area contributed by atoms with Crippen LogP contribution in [0, 0.1) is 13.8 Å². The number of amides is 1. The molecule has 0 saturated carbocycles. The van der Waals surface area contributed by atoms with Crippen molar-refractivity contribution >= 4 is 28.3 Å². The van der Waals surface area contributed by atoms with E-state index in [1.165, 1.54) is 0 Å². The number of methoxy groups -OCH3 is 1. The molecule has 6 nitrogen and oxygen atoms in total. The van der Waals surface area contributed by atoms with Crippen molar-refractivity contribution in [3.05, 3.63) is 77.7 Å². The zero-order chi connectivity index (χ0) is 24.2. The van der Waals surface area contributed by atoms with E-state index in [0.29, 0.717) is 18.2 Å². The maximum absolute atomic E-state index is 12.7. The van der Waals surface area contributed by atoms with E-state index in [1.54, 1.807) is 25.6 Å². The molecule has 174 valence electrons. The Balaban J connectivity index is 1.77. The van der Waals surface area contributed by atoms with Crippen LogP contribution in [0.4, 0.5) is 5.82 Å². The van der Waals surface area contributed by atoms with Crippen molar-refractivity contribution in [2.75, 3.05) is 19.0 Å². The molecule has 0 atom stereocenters. The van der Waals surface area contributed by atoms with Gasteiger partial charge in [-0.05, 0) is 74.7 Å². The van der Waals surface area contributed by atoms with Gasteiger partial charge < -0.3 is 19.2 Å². The first-order valence-corrected chi connectivity index (χ1v) is 11.2. The first-order chi connectivity index (χ1) is 16.4. The highest BCUT2D eigenvalue weighted by atomic mass is 16.5. The molecule has 2 aromatic heterocycles. The number of aryl methyl sites for hydroxylation is 2. The fraction of sp³-hybridized carbons (Fsp3) is 0.214. The van der Waals surface area contributed by atoms with Crippen LogP contribution < -0.4 is 14.8 Å². The molecule has 4 rings (SSSR count). The van der Waals surface area contributed by atoms with Crippen LogP contribution in [0.3, 0.4) is 0 Å². The van der Waals surface area contributed by atoms with Gasteiger partial charge in [0.1, 0.15) is 22.9 Å². The average Bonchev–Trinajstić information content (AvgIpc) is 3.25. The number of pyridine rings is 1. The summed E-state index contributed by atoms with van der Waals surface area (Å²) in [4.78, 5) is 16.9. The average molecular weight is 457 g/mol. The molecular formula is C28H28N2O4. The van der Waals surface area contributed by atoms with Crippen LogP contribution in [0.5, 0.6) is 11.5 Å². The second-order valence-electron chi connectivity index (χ2n) is 8.10. The van der Waals surface area contributed by atoms with Crippen molar-refractivity contribution in [3.8, 4) is 22.6 Å². The molecule has 0 saturated heterocycles. The summed E-state index contributed by atoms with van der Waals surface area (Å²) < 4.78 is 17.2. The minimum atomic E-state index is -0.252. The number of carbonyl (C=O) groups excluding carboxylic acids is 1. The summed E-state index contributed by atoms with van der Waals surface area (Å²) in [5.74, 6) is 1.77. The Labute approximate surface area is 199 Å². The van der Waals surface area contributed by atoms with Crippen molar-refractivity contribution in [3.63, 3.8) is 0 Å². The van der Waals surface area contributed by atoms with Crippen molar-refractivity contribution in [2.45, 2.75) is 27.7 Å². The monoisotopic (exact) mass is 456 g/mol. The number of aromatic nitrogens is 1. The third-order valence-electron chi connectivity index (χ3n) is 5.67. The first kappa shape index (κ1) is 23.1. The summed E-state index contributed by atoms with van der Waals surface area (Å²) in [6, 6.07) is 13.6. The van der Waals surface area contributed by atoms with E-state index < -0.39 is 0 Å². The Morgan fingerprint density at radius 1 is 1.15 bits per heavy atom. The van der Waals surface area contributed by atoms with E-state index in [-0.39, 0.29) is 5.91 Å². The molecule has 4 aromatic rings. The molecule has 2 aromatic carbocycles. The normalized spacial score (nSPS) is 11.5. The lowest BCUT2D eigenvalue weighted by Crippen LogP contribution is -2.10. The number of benzene rings is 2. The van der Waals surface area contributed by atoms with Crippen LogP contribution in [0.15, 0.2) is 65.4 Å².